The van der Waals surface area contributed by atoms with Crippen LogP contribution < -0.4 is 4.90 Å². The van der Waals surface area contributed by atoms with Gasteiger partial charge in [0.15, 0.2) is 0 Å². The van der Waals surface area contributed by atoms with Gasteiger partial charge in [0.05, 0.1) is 11.6 Å². The topological polar surface area (TPSA) is 16.1 Å². The molecule has 15 heavy (non-hydrogen) atoms. The van der Waals surface area contributed by atoms with E-state index in [0.717, 1.165) is 23.3 Å². The lowest BCUT2D eigenvalue weighted by atomic mass is 10.3. The van der Waals surface area contributed by atoms with Gasteiger partial charge in [-0.15, -0.1) is 6.42 Å². The molecule has 0 fully saturated rings. The minimum atomic E-state index is 0.530. The number of aromatic nitrogens is 1. The van der Waals surface area contributed by atoms with Crippen molar-refractivity contribution in [2.75, 3.05) is 18.0 Å². The van der Waals surface area contributed by atoms with Crippen molar-refractivity contribution >= 4 is 33.3 Å². The molecule has 0 saturated heterocycles. The van der Waals surface area contributed by atoms with Gasteiger partial charge in [0, 0.05) is 17.2 Å². The number of anilines is 1. The average molecular weight is 288 g/mol. The molecule has 0 aliphatic carbocycles. The molecule has 0 atom stereocenters. The molecule has 0 bridgehead atoms. The fourth-order valence-corrected chi connectivity index (χ4v) is 2.03. The molecule has 1 rings (SSSR count). The summed E-state index contributed by atoms with van der Waals surface area (Å²) < 4.78 is 0.869. The maximum absolute atomic E-state index is 6.09. The summed E-state index contributed by atoms with van der Waals surface area (Å²) in [7, 11) is 0. The molecule has 2 nitrogen and oxygen atoms in total. The van der Waals surface area contributed by atoms with Crippen molar-refractivity contribution in [1.82, 2.24) is 4.98 Å². The van der Waals surface area contributed by atoms with E-state index in [-0.39, 0.29) is 0 Å². The highest BCUT2D eigenvalue weighted by molar-refractivity contribution is 9.10. The average Bonchev–Trinajstić information content (AvgIpc) is 2.17. The molecule has 0 unspecified atom stereocenters. The van der Waals surface area contributed by atoms with Crippen LogP contribution in [0.1, 0.15) is 13.3 Å². The van der Waals surface area contributed by atoms with Crippen LogP contribution >= 0.6 is 27.5 Å². The van der Waals surface area contributed by atoms with E-state index in [1.807, 2.05) is 11.0 Å². The van der Waals surface area contributed by atoms with Gasteiger partial charge < -0.3 is 4.90 Å². The van der Waals surface area contributed by atoms with Gasteiger partial charge in [-0.1, -0.05) is 24.4 Å². The van der Waals surface area contributed by atoms with Gasteiger partial charge in [0.1, 0.15) is 5.82 Å². The van der Waals surface area contributed by atoms with E-state index in [2.05, 4.69) is 33.8 Å². The quantitative estimate of drug-likeness (QED) is 0.790. The van der Waals surface area contributed by atoms with E-state index in [9.17, 15) is 0 Å². The fraction of sp³-hybridized carbons (Fsp3) is 0.364. The Hall–Kier alpha value is -0.720. The lowest BCUT2D eigenvalue weighted by Crippen LogP contribution is -2.25. The van der Waals surface area contributed by atoms with E-state index in [1.165, 1.54) is 0 Å². The number of terminal acetylenes is 1. The lowest BCUT2D eigenvalue weighted by molar-refractivity contribution is 0.809. The normalized spacial score (nSPS) is 9.73. The van der Waals surface area contributed by atoms with Crippen molar-refractivity contribution in [2.45, 2.75) is 13.3 Å². The monoisotopic (exact) mass is 286 g/mol. The third-order valence-electron chi connectivity index (χ3n) is 1.86. The maximum Gasteiger partial charge on any atom is 0.148 e. The number of hydrogen-bond acceptors (Lipinski definition) is 2. The highest BCUT2D eigenvalue weighted by atomic mass is 79.9. The standard InChI is InChI=1S/C11H12BrClN2/c1-3-5-15(6-4-2)11-10(13)7-9(12)8-14-11/h1,7-8H,4-6H2,2H3. The van der Waals surface area contributed by atoms with Gasteiger partial charge in [-0.25, -0.2) is 4.98 Å². The molecule has 4 heteroatoms. The van der Waals surface area contributed by atoms with E-state index < -0.39 is 0 Å². The summed E-state index contributed by atoms with van der Waals surface area (Å²) in [5, 5.41) is 0.619. The predicted octanol–water partition coefficient (Wildman–Crippen LogP) is 3.35. The van der Waals surface area contributed by atoms with Crippen molar-refractivity contribution in [2.24, 2.45) is 0 Å². The molecule has 1 aromatic rings. The van der Waals surface area contributed by atoms with Gasteiger partial charge in [-0.05, 0) is 28.4 Å². The molecule has 0 aliphatic heterocycles. The second kappa shape index (κ2) is 5.99. The third kappa shape index (κ3) is 3.40. The molecule has 0 radical (unpaired) electrons. The Morgan fingerprint density at radius 2 is 2.40 bits per heavy atom. The summed E-state index contributed by atoms with van der Waals surface area (Å²) in [5.74, 6) is 3.36. The van der Waals surface area contributed by atoms with Crippen LogP contribution in [-0.4, -0.2) is 18.1 Å². The molecule has 1 heterocycles. The number of nitrogens with zero attached hydrogens (tertiary/aromatic N) is 2. The predicted molar refractivity (Wildman–Crippen MR) is 68.3 cm³/mol. The van der Waals surface area contributed by atoms with Gasteiger partial charge in [0.2, 0.25) is 0 Å². The van der Waals surface area contributed by atoms with Crippen LogP contribution in [0.15, 0.2) is 16.7 Å². The number of halogens is 2. The molecule has 0 aliphatic rings. The molecule has 0 saturated carbocycles. The molecule has 0 spiro atoms. The van der Waals surface area contributed by atoms with E-state index in [1.54, 1.807) is 6.20 Å². The van der Waals surface area contributed by atoms with E-state index >= 15 is 0 Å². The zero-order chi connectivity index (χ0) is 11.3. The van der Waals surface area contributed by atoms with Crippen molar-refractivity contribution in [3.8, 4) is 12.3 Å². The van der Waals surface area contributed by atoms with Gasteiger partial charge >= 0.3 is 0 Å². The molecular weight excluding hydrogens is 275 g/mol. The van der Waals surface area contributed by atoms with Crippen LogP contribution in [-0.2, 0) is 0 Å². The number of pyridine rings is 1. The largest absolute Gasteiger partial charge is 0.344 e. The lowest BCUT2D eigenvalue weighted by Gasteiger charge is -2.21. The second-order valence-corrected chi connectivity index (χ2v) is 4.41. The Morgan fingerprint density at radius 3 is 2.93 bits per heavy atom. The highest BCUT2D eigenvalue weighted by Crippen LogP contribution is 2.26. The first-order chi connectivity index (χ1) is 7.19. The van der Waals surface area contributed by atoms with Crippen LogP contribution in [0.3, 0.4) is 0 Å². The van der Waals surface area contributed by atoms with Crippen LogP contribution in [0.25, 0.3) is 0 Å². The first kappa shape index (κ1) is 12.4. The minimum absolute atomic E-state index is 0.530. The maximum atomic E-state index is 6.09. The Morgan fingerprint density at radius 1 is 1.67 bits per heavy atom. The Kier molecular flexibility index (Phi) is 4.93. The molecule has 0 N–H and O–H groups in total. The van der Waals surface area contributed by atoms with Crippen molar-refractivity contribution < 1.29 is 0 Å². The summed E-state index contributed by atoms with van der Waals surface area (Å²) in [5.41, 5.74) is 0. The van der Waals surface area contributed by atoms with E-state index in [4.69, 9.17) is 18.0 Å². The van der Waals surface area contributed by atoms with Crippen molar-refractivity contribution in [1.29, 1.82) is 0 Å². The smallest absolute Gasteiger partial charge is 0.148 e. The van der Waals surface area contributed by atoms with Crippen LogP contribution in [0, 0.1) is 12.3 Å². The van der Waals surface area contributed by atoms with E-state index in [0.29, 0.717) is 11.6 Å². The molecular formula is C11H12BrClN2. The molecule has 0 amide bonds. The van der Waals surface area contributed by atoms with Crippen LogP contribution in [0.5, 0.6) is 0 Å². The summed E-state index contributed by atoms with van der Waals surface area (Å²) >= 11 is 9.41. The Labute approximate surface area is 104 Å². The molecule has 80 valence electrons. The zero-order valence-electron chi connectivity index (χ0n) is 8.50. The van der Waals surface area contributed by atoms with Crippen LogP contribution in [0.2, 0.25) is 5.02 Å². The number of rotatable bonds is 4. The zero-order valence-corrected chi connectivity index (χ0v) is 10.8. The van der Waals surface area contributed by atoms with Gasteiger partial charge in [-0.3, -0.25) is 0 Å². The van der Waals surface area contributed by atoms with Crippen LogP contribution in [0.4, 0.5) is 5.82 Å². The number of hydrogen-bond donors (Lipinski definition) is 0. The van der Waals surface area contributed by atoms with Gasteiger partial charge in [-0.2, -0.15) is 0 Å². The Balaban J connectivity index is 2.95. The highest BCUT2D eigenvalue weighted by Gasteiger charge is 2.10. The molecule has 0 aromatic carbocycles. The summed E-state index contributed by atoms with van der Waals surface area (Å²) in [6.45, 7) is 3.48. The van der Waals surface area contributed by atoms with Crippen molar-refractivity contribution in [3.05, 3.63) is 21.8 Å². The first-order valence-corrected chi connectivity index (χ1v) is 5.85. The SMILES string of the molecule is C#CCN(CCC)c1ncc(Br)cc1Cl. The van der Waals surface area contributed by atoms with Crippen molar-refractivity contribution in [3.63, 3.8) is 0 Å². The minimum Gasteiger partial charge on any atom is -0.344 e. The van der Waals surface area contributed by atoms with Gasteiger partial charge in [0.25, 0.3) is 0 Å². The third-order valence-corrected chi connectivity index (χ3v) is 2.58. The summed E-state index contributed by atoms with van der Waals surface area (Å²) in [6.07, 6.45) is 8.04. The summed E-state index contributed by atoms with van der Waals surface area (Å²) in [6, 6.07) is 1.82. The second-order valence-electron chi connectivity index (χ2n) is 3.08. The summed E-state index contributed by atoms with van der Waals surface area (Å²) in [4.78, 5) is 6.26. The fourth-order valence-electron chi connectivity index (χ4n) is 1.28. The first-order valence-electron chi connectivity index (χ1n) is 4.68. The molecule has 1 aromatic heterocycles. The Bertz CT molecular complexity index is 373.